The van der Waals surface area contributed by atoms with Gasteiger partial charge in [0.15, 0.2) is 6.61 Å². The van der Waals surface area contributed by atoms with E-state index in [4.69, 9.17) is 9.26 Å². The zero-order valence-corrected chi connectivity index (χ0v) is 16.4. The highest BCUT2D eigenvalue weighted by Crippen LogP contribution is 2.30. The molecule has 0 bridgehead atoms. The Hall–Kier alpha value is -4.02. The summed E-state index contributed by atoms with van der Waals surface area (Å²) >= 11 is 0. The van der Waals surface area contributed by atoms with Crippen molar-refractivity contribution in [3.63, 3.8) is 0 Å². The number of aromatic nitrogens is 4. The minimum absolute atomic E-state index is 0.000170. The summed E-state index contributed by atoms with van der Waals surface area (Å²) in [4.78, 5) is 28.0. The van der Waals surface area contributed by atoms with Gasteiger partial charge in [0.05, 0.1) is 30.2 Å². The molecule has 4 rings (SSSR count). The molecule has 0 amide bonds. The van der Waals surface area contributed by atoms with Crippen LogP contribution < -0.4 is 5.43 Å². The Labute approximate surface area is 178 Å². The summed E-state index contributed by atoms with van der Waals surface area (Å²) in [6, 6.07) is 11.2. The predicted molar refractivity (Wildman–Crippen MR) is 105 cm³/mol. The van der Waals surface area contributed by atoms with Gasteiger partial charge < -0.3 is 9.26 Å². The van der Waals surface area contributed by atoms with Gasteiger partial charge in [0, 0.05) is 10.9 Å². The largest absolute Gasteiger partial charge is 0.455 e. The van der Waals surface area contributed by atoms with Crippen LogP contribution in [0.2, 0.25) is 0 Å². The van der Waals surface area contributed by atoms with Crippen molar-refractivity contribution >= 4 is 16.9 Å². The maximum absolute atomic E-state index is 12.7. The van der Waals surface area contributed by atoms with E-state index in [0.29, 0.717) is 16.5 Å². The number of nitrogens with zero attached hydrogens (tertiary/aromatic N) is 4. The quantitative estimate of drug-likeness (QED) is 0.419. The van der Waals surface area contributed by atoms with Crippen LogP contribution in [0, 0.1) is 0 Å². The zero-order valence-electron chi connectivity index (χ0n) is 16.4. The van der Waals surface area contributed by atoms with Gasteiger partial charge in [-0.1, -0.05) is 29.4 Å². The summed E-state index contributed by atoms with van der Waals surface area (Å²) in [5, 5.41) is 8.23. The first kappa shape index (κ1) is 21.2. The Kier molecular flexibility index (Phi) is 5.71. The van der Waals surface area contributed by atoms with Crippen molar-refractivity contribution in [3.05, 3.63) is 76.4 Å². The molecule has 0 N–H and O–H groups in total. The molecule has 4 aromatic rings. The number of carbonyl (C=O) groups is 1. The highest BCUT2D eigenvalue weighted by molar-refractivity contribution is 5.78. The monoisotopic (exact) mass is 444 g/mol. The van der Waals surface area contributed by atoms with E-state index >= 15 is 0 Å². The van der Waals surface area contributed by atoms with Crippen molar-refractivity contribution in [2.75, 3.05) is 0 Å². The van der Waals surface area contributed by atoms with Crippen LogP contribution in [0.3, 0.4) is 0 Å². The minimum Gasteiger partial charge on any atom is -0.455 e. The van der Waals surface area contributed by atoms with Gasteiger partial charge >= 0.3 is 12.1 Å². The number of alkyl halides is 3. The van der Waals surface area contributed by atoms with E-state index in [1.54, 1.807) is 24.3 Å². The summed E-state index contributed by atoms with van der Waals surface area (Å²) in [7, 11) is 0. The summed E-state index contributed by atoms with van der Waals surface area (Å²) in [5.41, 5.74) is -0.0648. The normalized spacial score (nSPS) is 11.6. The highest BCUT2D eigenvalue weighted by Gasteiger charge is 2.30. The van der Waals surface area contributed by atoms with E-state index < -0.39 is 17.7 Å². The molecule has 11 heteroatoms. The smallest absolute Gasteiger partial charge is 0.416 e. The van der Waals surface area contributed by atoms with Crippen LogP contribution in [-0.4, -0.2) is 25.9 Å². The van der Waals surface area contributed by atoms with Gasteiger partial charge in [-0.25, -0.2) is 0 Å². The number of rotatable bonds is 6. The molecule has 0 unspecified atom stereocenters. The highest BCUT2D eigenvalue weighted by atomic mass is 19.4. The first-order valence-corrected chi connectivity index (χ1v) is 9.42. The molecule has 2 heterocycles. The number of halogens is 3. The first-order valence-electron chi connectivity index (χ1n) is 9.42. The number of esters is 1. The van der Waals surface area contributed by atoms with Crippen molar-refractivity contribution in [3.8, 4) is 11.4 Å². The average Bonchev–Trinajstić information content (AvgIpc) is 3.26. The molecule has 0 aliphatic heterocycles. The lowest BCUT2D eigenvalue weighted by atomic mass is 10.1. The Morgan fingerprint density at radius 1 is 1.09 bits per heavy atom. The molecule has 0 saturated heterocycles. The van der Waals surface area contributed by atoms with E-state index in [-0.39, 0.29) is 36.7 Å². The van der Waals surface area contributed by atoms with Gasteiger partial charge in [0.2, 0.25) is 11.3 Å². The third-order valence-corrected chi connectivity index (χ3v) is 4.58. The Morgan fingerprint density at radius 3 is 2.59 bits per heavy atom. The van der Waals surface area contributed by atoms with Gasteiger partial charge in [-0.15, -0.1) is 0 Å². The van der Waals surface area contributed by atoms with E-state index in [9.17, 15) is 22.8 Å². The van der Waals surface area contributed by atoms with Gasteiger partial charge in [-0.3, -0.25) is 14.3 Å². The van der Waals surface area contributed by atoms with Crippen LogP contribution in [0.25, 0.3) is 22.3 Å². The van der Waals surface area contributed by atoms with Gasteiger partial charge in [-0.2, -0.15) is 23.3 Å². The van der Waals surface area contributed by atoms with Crippen LogP contribution in [0.15, 0.2) is 64.0 Å². The Balaban J connectivity index is 1.34. The third kappa shape index (κ3) is 4.66. The molecule has 164 valence electrons. The molecule has 8 nitrogen and oxygen atoms in total. The molecule has 0 saturated carbocycles. The number of fused-ring (bicyclic) bond motifs is 1. The lowest BCUT2D eigenvalue weighted by Crippen LogP contribution is -2.15. The first-order chi connectivity index (χ1) is 15.3. The Morgan fingerprint density at radius 2 is 1.84 bits per heavy atom. The van der Waals surface area contributed by atoms with E-state index in [2.05, 4.69) is 15.2 Å². The summed E-state index contributed by atoms with van der Waals surface area (Å²) in [6.45, 7) is -0.0922. The fourth-order valence-electron chi connectivity index (χ4n) is 2.99. The summed E-state index contributed by atoms with van der Waals surface area (Å²) < 4.78 is 49.6. The number of carbonyl (C=O) groups excluding carboxylic acids is 1. The molecular formula is C21H15F3N4O4. The third-order valence-electron chi connectivity index (χ3n) is 4.58. The topological polar surface area (TPSA) is 100 Å². The van der Waals surface area contributed by atoms with E-state index in [1.165, 1.54) is 23.0 Å². The van der Waals surface area contributed by atoms with Crippen molar-refractivity contribution < 1.29 is 27.2 Å². The van der Waals surface area contributed by atoms with Gasteiger partial charge in [-0.05, 0) is 24.3 Å². The maximum Gasteiger partial charge on any atom is 0.416 e. The molecule has 0 spiro atoms. The second kappa shape index (κ2) is 8.61. The van der Waals surface area contributed by atoms with Crippen LogP contribution >= 0.6 is 0 Å². The SMILES string of the molecule is O=C(CCn1ncc(=O)c2ccccc21)OCc1nc(-c2ccc(C(F)(F)F)cc2)no1. The fraction of sp³-hybridized carbons (Fsp3) is 0.190. The zero-order chi connectivity index (χ0) is 22.7. The van der Waals surface area contributed by atoms with Crippen molar-refractivity contribution in [2.24, 2.45) is 0 Å². The number of aryl methyl sites for hydroxylation is 1. The van der Waals surface area contributed by atoms with Gasteiger partial charge in [0.1, 0.15) is 0 Å². The summed E-state index contributed by atoms with van der Waals surface area (Å²) in [5.74, 6) is -0.474. The average molecular weight is 444 g/mol. The van der Waals surface area contributed by atoms with Crippen LogP contribution in [-0.2, 0) is 28.9 Å². The van der Waals surface area contributed by atoms with Crippen LogP contribution in [0.4, 0.5) is 13.2 Å². The molecule has 0 aliphatic carbocycles. The summed E-state index contributed by atoms with van der Waals surface area (Å²) in [6.07, 6.45) is -3.26. The number of benzene rings is 2. The van der Waals surface area contributed by atoms with Crippen molar-refractivity contribution in [2.45, 2.75) is 25.7 Å². The van der Waals surface area contributed by atoms with Crippen molar-refractivity contribution in [1.29, 1.82) is 0 Å². The second-order valence-electron chi connectivity index (χ2n) is 6.75. The number of hydrogen-bond acceptors (Lipinski definition) is 7. The molecule has 2 aromatic heterocycles. The molecule has 2 aromatic carbocycles. The van der Waals surface area contributed by atoms with E-state index in [1.807, 2.05) is 0 Å². The molecule has 0 aliphatic rings. The van der Waals surface area contributed by atoms with Crippen LogP contribution in [0.5, 0.6) is 0 Å². The molecule has 0 fully saturated rings. The number of para-hydroxylation sites is 1. The maximum atomic E-state index is 12.7. The Bertz CT molecular complexity index is 1310. The molecule has 0 radical (unpaired) electrons. The van der Waals surface area contributed by atoms with Gasteiger partial charge in [0.25, 0.3) is 5.89 Å². The minimum atomic E-state index is -4.44. The number of hydrogen-bond donors (Lipinski definition) is 0. The van der Waals surface area contributed by atoms with Crippen molar-refractivity contribution in [1.82, 2.24) is 19.9 Å². The lowest BCUT2D eigenvalue weighted by molar-refractivity contribution is -0.146. The predicted octanol–water partition coefficient (Wildman–Crippen LogP) is 3.60. The second-order valence-corrected chi connectivity index (χ2v) is 6.75. The van der Waals surface area contributed by atoms with E-state index in [0.717, 1.165) is 12.1 Å². The fourth-order valence-corrected chi connectivity index (χ4v) is 2.99. The lowest BCUT2D eigenvalue weighted by Gasteiger charge is -2.08. The molecular weight excluding hydrogens is 429 g/mol. The standard InChI is InChI=1S/C21H15F3N4O4/c22-21(23,24)14-7-5-13(6-8-14)20-26-18(32-27-20)12-31-19(30)9-10-28-16-4-2-1-3-15(16)17(29)11-25-28/h1-8,11H,9-10,12H2. The number of ether oxygens (including phenoxy) is 1. The van der Waals surface area contributed by atoms with Crippen LogP contribution in [0.1, 0.15) is 17.9 Å². The molecule has 0 atom stereocenters. The molecule has 32 heavy (non-hydrogen) atoms.